The summed E-state index contributed by atoms with van der Waals surface area (Å²) in [5.74, 6) is 0.770. The van der Waals surface area contributed by atoms with Gasteiger partial charge in [0.15, 0.2) is 5.69 Å². The van der Waals surface area contributed by atoms with Crippen LogP contribution in [-0.4, -0.2) is 17.3 Å². The molecule has 0 atom stereocenters. The number of nitrogens with zero attached hydrogens (tertiary/aromatic N) is 3. The number of hydrogen-bond donors (Lipinski definition) is 0. The lowest BCUT2D eigenvalue weighted by Crippen LogP contribution is -1.95. The van der Waals surface area contributed by atoms with Crippen LogP contribution in [0.2, 0.25) is 0 Å². The van der Waals surface area contributed by atoms with E-state index in [1.54, 1.807) is 7.11 Å². The van der Waals surface area contributed by atoms with E-state index in [0.717, 1.165) is 22.6 Å². The van der Waals surface area contributed by atoms with Crippen LogP contribution in [0.5, 0.6) is 5.75 Å². The molecule has 4 nitrogen and oxygen atoms in total. The second-order valence-corrected chi connectivity index (χ2v) is 3.60. The van der Waals surface area contributed by atoms with Crippen LogP contribution in [0.3, 0.4) is 0 Å². The molecule has 0 fully saturated rings. The van der Waals surface area contributed by atoms with Gasteiger partial charge in [-0.1, -0.05) is 12.1 Å². The second-order valence-electron chi connectivity index (χ2n) is 3.60. The molecule has 1 heterocycles. The fourth-order valence-corrected chi connectivity index (χ4v) is 1.52. The average molecular weight is 225 g/mol. The second kappa shape index (κ2) is 4.62. The lowest BCUT2D eigenvalue weighted by molar-refractivity contribution is 0.415. The Balaban J connectivity index is 2.46. The highest BCUT2D eigenvalue weighted by molar-refractivity contribution is 5.61. The number of hydrogen-bond acceptors (Lipinski definition) is 4. The molecule has 0 spiro atoms. The lowest BCUT2D eigenvalue weighted by Gasteiger charge is -2.04. The Morgan fingerprint density at radius 2 is 2.06 bits per heavy atom. The summed E-state index contributed by atoms with van der Waals surface area (Å²) in [6, 6.07) is 11.4. The maximum atomic E-state index is 8.79. The molecule has 4 heteroatoms. The number of aryl methyl sites for hydroxylation is 1. The number of aromatic nitrogens is 2. The quantitative estimate of drug-likeness (QED) is 0.787. The average Bonchev–Trinajstić information content (AvgIpc) is 2.38. The zero-order valence-electron chi connectivity index (χ0n) is 9.64. The van der Waals surface area contributed by atoms with Gasteiger partial charge in [0.05, 0.1) is 12.8 Å². The van der Waals surface area contributed by atoms with Gasteiger partial charge in [-0.15, -0.1) is 10.2 Å². The zero-order valence-corrected chi connectivity index (χ0v) is 9.64. The van der Waals surface area contributed by atoms with Crippen molar-refractivity contribution in [2.24, 2.45) is 0 Å². The minimum Gasteiger partial charge on any atom is -0.497 e. The maximum absolute atomic E-state index is 8.79. The van der Waals surface area contributed by atoms with Gasteiger partial charge < -0.3 is 4.74 Å². The van der Waals surface area contributed by atoms with Crippen molar-refractivity contribution in [3.8, 4) is 23.1 Å². The zero-order chi connectivity index (χ0) is 12.3. The highest BCUT2D eigenvalue weighted by Crippen LogP contribution is 2.22. The monoisotopic (exact) mass is 225 g/mol. The molecule has 0 bridgehead atoms. The summed E-state index contributed by atoms with van der Waals surface area (Å²) in [7, 11) is 1.62. The van der Waals surface area contributed by atoms with E-state index in [1.807, 2.05) is 43.3 Å². The van der Waals surface area contributed by atoms with Crippen molar-refractivity contribution in [1.82, 2.24) is 10.2 Å². The summed E-state index contributed by atoms with van der Waals surface area (Å²) in [6.07, 6.45) is 0. The van der Waals surface area contributed by atoms with Gasteiger partial charge in [0.2, 0.25) is 0 Å². The molecule has 0 aliphatic heterocycles. The highest BCUT2D eigenvalue weighted by Gasteiger charge is 2.05. The van der Waals surface area contributed by atoms with Crippen molar-refractivity contribution >= 4 is 0 Å². The first-order chi connectivity index (χ1) is 8.24. The Bertz CT molecular complexity index is 587. The van der Waals surface area contributed by atoms with Crippen molar-refractivity contribution in [3.63, 3.8) is 0 Å². The molecule has 0 saturated heterocycles. The molecule has 0 radical (unpaired) electrons. The van der Waals surface area contributed by atoms with Crippen LogP contribution < -0.4 is 4.74 Å². The number of nitriles is 1. The first-order valence-electron chi connectivity index (χ1n) is 5.13. The van der Waals surface area contributed by atoms with Crippen LogP contribution in [0, 0.1) is 18.3 Å². The molecule has 1 aromatic heterocycles. The van der Waals surface area contributed by atoms with Gasteiger partial charge in [-0.25, -0.2) is 0 Å². The van der Waals surface area contributed by atoms with Gasteiger partial charge in [0, 0.05) is 5.56 Å². The first-order valence-corrected chi connectivity index (χ1v) is 5.13. The number of benzene rings is 1. The van der Waals surface area contributed by atoms with Gasteiger partial charge in [0.25, 0.3) is 0 Å². The molecule has 17 heavy (non-hydrogen) atoms. The van der Waals surface area contributed by atoms with E-state index in [2.05, 4.69) is 10.2 Å². The summed E-state index contributed by atoms with van der Waals surface area (Å²) in [5.41, 5.74) is 2.84. The Morgan fingerprint density at radius 3 is 2.71 bits per heavy atom. The highest BCUT2D eigenvalue weighted by atomic mass is 16.5. The van der Waals surface area contributed by atoms with Gasteiger partial charge in [-0.3, -0.25) is 0 Å². The minimum atomic E-state index is 0.358. The van der Waals surface area contributed by atoms with E-state index in [9.17, 15) is 0 Å². The largest absolute Gasteiger partial charge is 0.497 e. The van der Waals surface area contributed by atoms with Gasteiger partial charge in [-0.2, -0.15) is 5.26 Å². The molecule has 2 aromatic rings. The van der Waals surface area contributed by atoms with Crippen LogP contribution in [-0.2, 0) is 0 Å². The van der Waals surface area contributed by atoms with Gasteiger partial charge in [0.1, 0.15) is 11.8 Å². The minimum absolute atomic E-state index is 0.358. The van der Waals surface area contributed by atoms with E-state index in [0.29, 0.717) is 5.69 Å². The fourth-order valence-electron chi connectivity index (χ4n) is 1.52. The van der Waals surface area contributed by atoms with E-state index in [4.69, 9.17) is 10.00 Å². The molecule has 0 aliphatic rings. The normalized spacial score (nSPS) is 9.71. The molecule has 0 saturated carbocycles. The third-order valence-corrected chi connectivity index (χ3v) is 2.46. The van der Waals surface area contributed by atoms with Crippen LogP contribution in [0.1, 0.15) is 11.3 Å². The molecule has 2 rings (SSSR count). The number of ether oxygens (including phenoxy) is 1. The van der Waals surface area contributed by atoms with Crippen molar-refractivity contribution in [2.75, 3.05) is 7.11 Å². The smallest absolute Gasteiger partial charge is 0.166 e. The van der Waals surface area contributed by atoms with E-state index >= 15 is 0 Å². The Hall–Kier alpha value is -2.41. The predicted molar refractivity (Wildman–Crippen MR) is 63.5 cm³/mol. The predicted octanol–water partition coefficient (Wildman–Crippen LogP) is 2.33. The summed E-state index contributed by atoms with van der Waals surface area (Å²) >= 11 is 0. The van der Waals surface area contributed by atoms with Crippen molar-refractivity contribution < 1.29 is 4.74 Å². The van der Waals surface area contributed by atoms with Crippen LogP contribution in [0.25, 0.3) is 11.3 Å². The molecule has 1 aromatic carbocycles. The van der Waals surface area contributed by atoms with Gasteiger partial charge >= 0.3 is 0 Å². The van der Waals surface area contributed by atoms with E-state index < -0.39 is 0 Å². The topological polar surface area (TPSA) is 58.8 Å². The van der Waals surface area contributed by atoms with Crippen molar-refractivity contribution in [1.29, 1.82) is 5.26 Å². The van der Waals surface area contributed by atoms with E-state index in [-0.39, 0.29) is 0 Å². The summed E-state index contributed by atoms with van der Waals surface area (Å²) in [4.78, 5) is 0. The summed E-state index contributed by atoms with van der Waals surface area (Å²) < 4.78 is 5.15. The van der Waals surface area contributed by atoms with Crippen molar-refractivity contribution in [2.45, 2.75) is 6.92 Å². The maximum Gasteiger partial charge on any atom is 0.166 e. The van der Waals surface area contributed by atoms with Crippen LogP contribution in [0.15, 0.2) is 30.3 Å². The van der Waals surface area contributed by atoms with Crippen molar-refractivity contribution in [3.05, 3.63) is 41.6 Å². The molecular weight excluding hydrogens is 214 g/mol. The number of rotatable bonds is 2. The molecule has 84 valence electrons. The third-order valence-electron chi connectivity index (χ3n) is 2.46. The molecule has 0 amide bonds. The first kappa shape index (κ1) is 11.1. The summed E-state index contributed by atoms with van der Waals surface area (Å²) in [6.45, 7) is 1.84. The molecular formula is C13H11N3O. The molecule has 0 N–H and O–H groups in total. The Kier molecular flexibility index (Phi) is 3.01. The Morgan fingerprint density at radius 1 is 1.24 bits per heavy atom. The standard InChI is InChI=1S/C13H11N3O/c1-9-6-12(15-16-13(9)8-14)10-4-3-5-11(7-10)17-2/h3-7H,1-2H3. The van der Waals surface area contributed by atoms with E-state index in [1.165, 1.54) is 0 Å². The Labute approximate surface area is 99.5 Å². The van der Waals surface area contributed by atoms with Gasteiger partial charge in [-0.05, 0) is 30.7 Å². The fraction of sp³-hybridized carbons (Fsp3) is 0.154. The van der Waals surface area contributed by atoms with Crippen LogP contribution in [0.4, 0.5) is 0 Å². The lowest BCUT2D eigenvalue weighted by atomic mass is 10.1. The summed E-state index contributed by atoms with van der Waals surface area (Å²) in [5, 5.41) is 16.7. The molecule has 0 unspecified atom stereocenters. The SMILES string of the molecule is COc1cccc(-c2cc(C)c(C#N)nn2)c1. The molecule has 0 aliphatic carbocycles. The van der Waals surface area contributed by atoms with Crippen LogP contribution >= 0.6 is 0 Å². The number of methoxy groups -OCH3 is 1. The third kappa shape index (κ3) is 2.23.